The van der Waals surface area contributed by atoms with E-state index in [0.29, 0.717) is 6.42 Å². The van der Waals surface area contributed by atoms with Gasteiger partial charge in [-0.05, 0) is 38.8 Å². The molecule has 0 bridgehead atoms. The van der Waals surface area contributed by atoms with Crippen molar-refractivity contribution in [2.45, 2.75) is 51.4 Å². The first-order valence-electron chi connectivity index (χ1n) is 6.12. The van der Waals surface area contributed by atoms with E-state index in [1.165, 1.54) is 0 Å². The number of nitrogens with one attached hydrogen (secondary N) is 1. The van der Waals surface area contributed by atoms with Crippen LogP contribution < -0.4 is 5.32 Å². The standard InChI is InChI=1S/C13H19F3N2/c1-10(6-5-8-13(14,15)16)18-11(2)12-7-3-4-9-17-12/h3-4,7,9-11,18H,5-6,8H2,1-2H3/t10?,11-/m0/s1. The van der Waals surface area contributed by atoms with E-state index < -0.39 is 12.6 Å². The molecule has 0 aliphatic heterocycles. The lowest BCUT2D eigenvalue weighted by Crippen LogP contribution is -2.29. The first-order valence-corrected chi connectivity index (χ1v) is 6.12. The summed E-state index contributed by atoms with van der Waals surface area (Å²) in [5.41, 5.74) is 0.903. The largest absolute Gasteiger partial charge is 0.389 e. The second-order valence-electron chi connectivity index (χ2n) is 4.55. The maximum atomic E-state index is 12.0. The summed E-state index contributed by atoms with van der Waals surface area (Å²) in [6.07, 6.45) is -2.38. The second kappa shape index (κ2) is 6.73. The van der Waals surface area contributed by atoms with Crippen LogP contribution >= 0.6 is 0 Å². The van der Waals surface area contributed by atoms with Crippen LogP contribution in [-0.2, 0) is 0 Å². The van der Waals surface area contributed by atoms with E-state index in [-0.39, 0.29) is 18.5 Å². The van der Waals surface area contributed by atoms with E-state index >= 15 is 0 Å². The molecule has 1 rings (SSSR count). The summed E-state index contributed by atoms with van der Waals surface area (Å²) in [5, 5.41) is 3.25. The molecule has 18 heavy (non-hydrogen) atoms. The van der Waals surface area contributed by atoms with Gasteiger partial charge in [0.2, 0.25) is 0 Å². The summed E-state index contributed by atoms with van der Waals surface area (Å²) in [6.45, 7) is 3.86. The Morgan fingerprint density at radius 1 is 1.28 bits per heavy atom. The predicted octanol–water partition coefficient (Wildman–Crippen LogP) is 3.85. The molecule has 1 aromatic rings. The van der Waals surface area contributed by atoms with Crippen molar-refractivity contribution >= 4 is 0 Å². The van der Waals surface area contributed by atoms with Crippen LogP contribution in [0.25, 0.3) is 0 Å². The molecule has 0 aliphatic rings. The number of halogens is 3. The molecule has 5 heteroatoms. The lowest BCUT2D eigenvalue weighted by Gasteiger charge is -2.19. The van der Waals surface area contributed by atoms with Crippen molar-refractivity contribution in [2.24, 2.45) is 0 Å². The van der Waals surface area contributed by atoms with Gasteiger partial charge in [-0.25, -0.2) is 0 Å². The van der Waals surface area contributed by atoms with Gasteiger partial charge in [-0.3, -0.25) is 4.98 Å². The summed E-state index contributed by atoms with van der Waals surface area (Å²) >= 11 is 0. The lowest BCUT2D eigenvalue weighted by atomic mass is 10.1. The highest BCUT2D eigenvalue weighted by molar-refractivity contribution is 5.07. The van der Waals surface area contributed by atoms with E-state index in [4.69, 9.17) is 0 Å². The van der Waals surface area contributed by atoms with Crippen LogP contribution in [0.5, 0.6) is 0 Å². The molecule has 1 heterocycles. The van der Waals surface area contributed by atoms with Crippen molar-refractivity contribution in [1.82, 2.24) is 10.3 Å². The van der Waals surface area contributed by atoms with Crippen molar-refractivity contribution in [3.05, 3.63) is 30.1 Å². The van der Waals surface area contributed by atoms with Crippen LogP contribution in [-0.4, -0.2) is 17.2 Å². The number of rotatable bonds is 6. The van der Waals surface area contributed by atoms with Crippen molar-refractivity contribution < 1.29 is 13.2 Å². The minimum absolute atomic E-state index is 0.0457. The third-order valence-corrected chi connectivity index (χ3v) is 2.76. The summed E-state index contributed by atoms with van der Waals surface area (Å²) in [5.74, 6) is 0. The quantitative estimate of drug-likeness (QED) is 0.840. The van der Waals surface area contributed by atoms with Gasteiger partial charge >= 0.3 is 6.18 Å². The van der Waals surface area contributed by atoms with E-state index in [1.807, 2.05) is 32.0 Å². The van der Waals surface area contributed by atoms with Gasteiger partial charge in [-0.1, -0.05) is 6.07 Å². The average Bonchev–Trinajstić information content (AvgIpc) is 2.28. The molecule has 0 spiro atoms. The highest BCUT2D eigenvalue weighted by Gasteiger charge is 2.26. The maximum Gasteiger partial charge on any atom is 0.389 e. The first-order chi connectivity index (χ1) is 8.38. The Hall–Kier alpha value is -1.10. The molecule has 0 saturated heterocycles. The third-order valence-electron chi connectivity index (χ3n) is 2.76. The van der Waals surface area contributed by atoms with Gasteiger partial charge in [0.15, 0.2) is 0 Å². The molecule has 1 aromatic heterocycles. The highest BCUT2D eigenvalue weighted by Crippen LogP contribution is 2.23. The molecule has 0 aromatic carbocycles. The molecule has 0 aliphatic carbocycles. The Bertz CT molecular complexity index is 338. The zero-order valence-electron chi connectivity index (χ0n) is 10.7. The molecular formula is C13H19F3N2. The van der Waals surface area contributed by atoms with Crippen molar-refractivity contribution in [3.63, 3.8) is 0 Å². The minimum atomic E-state index is -4.05. The molecule has 0 fully saturated rings. The third kappa shape index (κ3) is 6.00. The van der Waals surface area contributed by atoms with Gasteiger partial charge in [-0.15, -0.1) is 0 Å². The Kier molecular flexibility index (Phi) is 5.59. The van der Waals surface area contributed by atoms with Crippen LogP contribution in [0.4, 0.5) is 13.2 Å². The number of aromatic nitrogens is 1. The molecule has 1 unspecified atom stereocenters. The Morgan fingerprint density at radius 2 is 2.00 bits per heavy atom. The molecule has 2 nitrogen and oxygen atoms in total. The summed E-state index contributed by atoms with van der Waals surface area (Å²) in [6, 6.07) is 5.73. The molecule has 0 radical (unpaired) electrons. The van der Waals surface area contributed by atoms with E-state index in [9.17, 15) is 13.2 Å². The summed E-state index contributed by atoms with van der Waals surface area (Å²) in [4.78, 5) is 4.21. The Morgan fingerprint density at radius 3 is 2.56 bits per heavy atom. The average molecular weight is 260 g/mol. The number of alkyl halides is 3. The number of nitrogens with zero attached hydrogens (tertiary/aromatic N) is 1. The van der Waals surface area contributed by atoms with Crippen molar-refractivity contribution in [1.29, 1.82) is 0 Å². The normalized spacial score (nSPS) is 15.4. The molecule has 102 valence electrons. The monoisotopic (exact) mass is 260 g/mol. The highest BCUT2D eigenvalue weighted by atomic mass is 19.4. The van der Waals surface area contributed by atoms with Crippen molar-refractivity contribution in [2.75, 3.05) is 0 Å². The first kappa shape index (κ1) is 15.0. The lowest BCUT2D eigenvalue weighted by molar-refractivity contribution is -0.135. The smallest absolute Gasteiger partial charge is 0.306 e. The fraction of sp³-hybridized carbons (Fsp3) is 0.615. The van der Waals surface area contributed by atoms with E-state index in [1.54, 1.807) is 6.20 Å². The van der Waals surface area contributed by atoms with Gasteiger partial charge in [0.05, 0.1) is 5.69 Å². The van der Waals surface area contributed by atoms with Crippen LogP contribution in [0.1, 0.15) is 44.8 Å². The van der Waals surface area contributed by atoms with Gasteiger partial charge in [0, 0.05) is 24.7 Å². The van der Waals surface area contributed by atoms with Gasteiger partial charge in [0.25, 0.3) is 0 Å². The van der Waals surface area contributed by atoms with E-state index in [0.717, 1.165) is 5.69 Å². The summed E-state index contributed by atoms with van der Waals surface area (Å²) < 4.78 is 36.0. The Labute approximate surface area is 106 Å². The maximum absolute atomic E-state index is 12.0. The van der Waals surface area contributed by atoms with Crippen LogP contribution in [0, 0.1) is 0 Å². The van der Waals surface area contributed by atoms with Crippen LogP contribution in [0.2, 0.25) is 0 Å². The van der Waals surface area contributed by atoms with Gasteiger partial charge in [-0.2, -0.15) is 13.2 Å². The van der Waals surface area contributed by atoms with Crippen LogP contribution in [0.15, 0.2) is 24.4 Å². The molecule has 0 saturated carbocycles. The predicted molar refractivity (Wildman–Crippen MR) is 65.2 cm³/mol. The van der Waals surface area contributed by atoms with E-state index in [2.05, 4.69) is 10.3 Å². The molecule has 0 amide bonds. The fourth-order valence-corrected chi connectivity index (χ4v) is 1.84. The van der Waals surface area contributed by atoms with Gasteiger partial charge in [0.1, 0.15) is 0 Å². The number of hydrogen-bond donors (Lipinski definition) is 1. The Balaban J connectivity index is 2.30. The molecule has 2 atom stereocenters. The SMILES string of the molecule is CC(CCCC(F)(F)F)N[C@@H](C)c1ccccn1. The number of pyridine rings is 1. The molecule has 1 N–H and O–H groups in total. The van der Waals surface area contributed by atoms with Gasteiger partial charge < -0.3 is 5.32 Å². The second-order valence-corrected chi connectivity index (χ2v) is 4.55. The van der Waals surface area contributed by atoms with Crippen LogP contribution in [0.3, 0.4) is 0 Å². The zero-order valence-corrected chi connectivity index (χ0v) is 10.7. The topological polar surface area (TPSA) is 24.9 Å². The molecular weight excluding hydrogens is 241 g/mol. The fourth-order valence-electron chi connectivity index (χ4n) is 1.84. The minimum Gasteiger partial charge on any atom is -0.306 e. The summed E-state index contributed by atoms with van der Waals surface area (Å²) in [7, 11) is 0. The van der Waals surface area contributed by atoms with Crippen molar-refractivity contribution in [3.8, 4) is 0 Å². The zero-order chi connectivity index (χ0) is 13.6. The number of hydrogen-bond acceptors (Lipinski definition) is 2.